The number of nitrogens with zero attached hydrogens (tertiary/aromatic N) is 11. The van der Waals surface area contributed by atoms with Crippen LogP contribution in [0, 0.1) is 17.6 Å². The van der Waals surface area contributed by atoms with Gasteiger partial charge < -0.3 is 19.4 Å². The van der Waals surface area contributed by atoms with Gasteiger partial charge in [-0.1, -0.05) is 31.9 Å². The van der Waals surface area contributed by atoms with Crippen molar-refractivity contribution in [1.82, 2.24) is 54.6 Å². The highest BCUT2D eigenvalue weighted by Crippen LogP contribution is 2.42. The average molecular weight is 910 g/mol. The van der Waals surface area contributed by atoms with Crippen molar-refractivity contribution in [3.05, 3.63) is 77.7 Å². The number of fused-ring (bicyclic) bond motifs is 2. The number of ketones is 1. The number of rotatable bonds is 12. The van der Waals surface area contributed by atoms with Gasteiger partial charge in [-0.2, -0.15) is 10.2 Å². The van der Waals surface area contributed by atoms with Crippen LogP contribution in [0.15, 0.2) is 60.9 Å². The van der Waals surface area contributed by atoms with Crippen molar-refractivity contribution in [2.45, 2.75) is 97.2 Å². The van der Waals surface area contributed by atoms with Crippen LogP contribution in [0.4, 0.5) is 14.6 Å². The largest absolute Gasteiger partial charge is 0.353 e. The molecule has 4 aliphatic rings. The first-order chi connectivity index (χ1) is 31.4. The van der Waals surface area contributed by atoms with Gasteiger partial charge in [-0.15, -0.1) is 10.2 Å². The van der Waals surface area contributed by atoms with E-state index in [9.17, 15) is 18.4 Å². The summed E-state index contributed by atoms with van der Waals surface area (Å²) in [5, 5.41) is 19.5. The molecule has 0 radical (unpaired) electrons. The molecular weight excluding hydrogens is 850 g/mol. The third-order valence-electron chi connectivity index (χ3n) is 11.9. The molecule has 1 N–H and O–H groups in total. The molecule has 2 aliphatic heterocycles. The molecule has 0 atom stereocenters. The highest BCUT2D eigenvalue weighted by molar-refractivity contribution is 6.29. The summed E-state index contributed by atoms with van der Waals surface area (Å²) in [6.45, 7) is 14.6. The second kappa shape index (κ2) is 20.8. The van der Waals surface area contributed by atoms with E-state index in [2.05, 4.69) is 68.4 Å². The van der Waals surface area contributed by atoms with E-state index in [0.29, 0.717) is 42.0 Å². The molecule has 2 saturated heterocycles. The van der Waals surface area contributed by atoms with Crippen LogP contribution in [0.3, 0.4) is 0 Å². The molecule has 344 valence electrons. The Balaban J connectivity index is 0.000000148. The average Bonchev–Trinajstić information content (AvgIpc) is 4.23. The van der Waals surface area contributed by atoms with Crippen molar-refractivity contribution >= 4 is 51.2 Å². The third-order valence-corrected chi connectivity index (χ3v) is 12.1. The number of hydrogen-bond acceptors (Lipinski definition) is 11. The number of piperidine rings is 1. The summed E-state index contributed by atoms with van der Waals surface area (Å²) in [5.41, 5.74) is 4.90. The van der Waals surface area contributed by atoms with Crippen molar-refractivity contribution in [2.75, 3.05) is 57.3 Å². The minimum atomic E-state index is -0.253. The van der Waals surface area contributed by atoms with Gasteiger partial charge in [0.25, 0.3) is 0 Å². The molecule has 14 nitrogen and oxygen atoms in total. The maximum absolute atomic E-state index is 13.9. The van der Waals surface area contributed by atoms with Gasteiger partial charge in [-0.3, -0.25) is 19.4 Å². The molecule has 0 unspecified atom stereocenters. The summed E-state index contributed by atoms with van der Waals surface area (Å²) in [4.78, 5) is 39.6. The first kappa shape index (κ1) is 46.1. The maximum atomic E-state index is 13.9. The number of hydrogen-bond donors (Lipinski definition) is 1. The number of halogens is 3. The van der Waals surface area contributed by atoms with Crippen molar-refractivity contribution in [2.24, 2.45) is 5.92 Å². The van der Waals surface area contributed by atoms with Gasteiger partial charge in [0, 0.05) is 61.9 Å². The second-order valence-electron chi connectivity index (χ2n) is 18.4. The Kier molecular flexibility index (Phi) is 14.8. The molecule has 65 heavy (non-hydrogen) atoms. The van der Waals surface area contributed by atoms with Crippen LogP contribution in [0.1, 0.15) is 91.1 Å². The van der Waals surface area contributed by atoms with E-state index in [1.165, 1.54) is 37.5 Å². The highest BCUT2D eigenvalue weighted by atomic mass is 35.5. The Morgan fingerprint density at radius 2 is 1.23 bits per heavy atom. The number of carbonyl (C=O) groups excluding carboxylic acids is 2. The van der Waals surface area contributed by atoms with Crippen molar-refractivity contribution in [1.29, 1.82) is 0 Å². The van der Waals surface area contributed by atoms with Crippen molar-refractivity contribution in [3.63, 3.8) is 0 Å². The lowest BCUT2D eigenvalue weighted by atomic mass is 10.1. The third kappa shape index (κ3) is 12.1. The quantitative estimate of drug-likeness (QED) is 0.127. The molecule has 17 heteroatoms. The number of imidazole rings is 2. The van der Waals surface area contributed by atoms with Crippen LogP contribution >= 0.6 is 11.6 Å². The Bertz CT molecular complexity index is 2590. The fourth-order valence-electron chi connectivity index (χ4n) is 8.63. The van der Waals surface area contributed by atoms with E-state index in [0.717, 1.165) is 122 Å². The summed E-state index contributed by atoms with van der Waals surface area (Å²) in [6.07, 6.45) is 12.3. The fraction of sp³-hybridized carbons (Fsp3) is 0.500. The number of piperazine rings is 1. The number of anilines is 1. The van der Waals surface area contributed by atoms with Gasteiger partial charge in [-0.05, 0) is 120 Å². The highest BCUT2D eigenvalue weighted by Gasteiger charge is 2.31. The summed E-state index contributed by atoms with van der Waals surface area (Å²) < 4.78 is 31.6. The molecule has 6 aromatic rings. The lowest BCUT2D eigenvalue weighted by Crippen LogP contribution is -2.50. The van der Waals surface area contributed by atoms with Gasteiger partial charge in [0.15, 0.2) is 11.0 Å². The zero-order chi connectivity index (χ0) is 45.6. The lowest BCUT2D eigenvalue weighted by Gasteiger charge is -2.34. The van der Waals surface area contributed by atoms with Crippen LogP contribution < -0.4 is 10.2 Å². The summed E-state index contributed by atoms with van der Waals surface area (Å²) >= 11 is 5.90. The molecule has 2 aliphatic carbocycles. The summed E-state index contributed by atoms with van der Waals surface area (Å²) in [5.74, 6) is 2.86. The lowest BCUT2D eigenvalue weighted by molar-refractivity contribution is -0.123. The summed E-state index contributed by atoms with van der Waals surface area (Å²) in [7, 11) is 0. The molecule has 2 saturated carbocycles. The monoisotopic (exact) mass is 908 g/mol. The zero-order valence-corrected chi connectivity index (χ0v) is 38.5. The SMILES string of the molecule is CC(C)CC(=O)CN1CCCCC1.CC(C)NC(=O)CN1CCN(c2cc(-c3nc4ccc(F)cc4n3C3CC3)cnn2)CC1.Fc1ccc2nc(-c3cnnc(Cl)c3)n(C3CC3)c2c1. The number of benzene rings is 2. The number of aromatic nitrogens is 8. The van der Waals surface area contributed by atoms with Gasteiger partial charge in [0.05, 0.1) is 47.6 Å². The normalized spacial score (nSPS) is 17.0. The number of likely N-dealkylation sites (tertiary alicyclic amines) is 1. The predicted molar refractivity (Wildman–Crippen MR) is 250 cm³/mol. The number of nitrogens with one attached hydrogen (secondary N) is 1. The molecule has 2 aromatic carbocycles. The molecular formula is C48H59ClF2N12O2. The molecule has 6 heterocycles. The van der Waals surface area contributed by atoms with Crippen molar-refractivity contribution < 1.29 is 18.4 Å². The van der Waals surface area contributed by atoms with Crippen molar-refractivity contribution in [3.8, 4) is 22.8 Å². The Morgan fingerprint density at radius 3 is 1.75 bits per heavy atom. The van der Waals surface area contributed by atoms with Gasteiger partial charge in [-0.25, -0.2) is 18.7 Å². The van der Waals surface area contributed by atoms with Crippen LogP contribution in [0.2, 0.25) is 5.15 Å². The van der Waals surface area contributed by atoms with Crippen LogP contribution in [0.5, 0.6) is 0 Å². The number of amides is 1. The van der Waals surface area contributed by atoms with Crippen LogP contribution in [-0.4, -0.2) is 119 Å². The van der Waals surface area contributed by atoms with Crippen LogP contribution in [-0.2, 0) is 9.59 Å². The number of Topliss-reactive ketones (excluding diaryl/α,β-unsaturated/α-hetero) is 1. The van der Waals surface area contributed by atoms with E-state index in [-0.39, 0.29) is 23.6 Å². The predicted octanol–water partition coefficient (Wildman–Crippen LogP) is 8.32. The Morgan fingerprint density at radius 1 is 0.692 bits per heavy atom. The topological polar surface area (TPSA) is 143 Å². The Hall–Kier alpha value is -5.45. The van der Waals surface area contributed by atoms with Crippen LogP contribution in [0.25, 0.3) is 44.8 Å². The van der Waals surface area contributed by atoms with Gasteiger partial charge >= 0.3 is 0 Å². The molecule has 0 spiro atoms. The smallest absolute Gasteiger partial charge is 0.234 e. The van der Waals surface area contributed by atoms with E-state index in [1.54, 1.807) is 36.7 Å². The Labute approximate surface area is 383 Å². The number of carbonyl (C=O) groups is 2. The first-order valence-corrected chi connectivity index (χ1v) is 23.4. The van der Waals surface area contributed by atoms with E-state index in [4.69, 9.17) is 16.6 Å². The second-order valence-corrected chi connectivity index (χ2v) is 18.8. The van der Waals surface area contributed by atoms with Gasteiger partial charge in [0.2, 0.25) is 5.91 Å². The minimum absolute atomic E-state index is 0.0608. The van der Waals surface area contributed by atoms with E-state index >= 15 is 0 Å². The molecule has 0 bridgehead atoms. The molecule has 1 amide bonds. The summed E-state index contributed by atoms with van der Waals surface area (Å²) in [6, 6.07) is 14.0. The minimum Gasteiger partial charge on any atom is -0.353 e. The van der Waals surface area contributed by atoms with Gasteiger partial charge in [0.1, 0.15) is 29.1 Å². The van der Waals surface area contributed by atoms with E-state index < -0.39 is 0 Å². The first-order valence-electron chi connectivity index (χ1n) is 23.1. The molecule has 4 aromatic heterocycles. The fourth-order valence-corrected chi connectivity index (χ4v) is 8.79. The standard InChI is InChI=1S/C23H28FN7O.C14H10ClFN4.C11H21NO/c1-15(2)26-22(32)14-29-7-9-30(10-8-29)21-11-16(13-25-28-21)23-27-19-6-3-17(24)12-20(19)31(23)18-4-5-18;15-13-5-8(7-17-19-13)14-18-11-4-1-9(16)6-12(11)20(14)10-2-3-10;1-10(2)8-11(13)9-12-6-4-3-5-7-12/h3,6,11-13,15,18H,4-5,7-10,14H2,1-2H3,(H,26,32);1,4-7,10H,2-3H2;10H,3-9H2,1-2H3. The van der Waals surface area contributed by atoms with E-state index in [1.807, 2.05) is 19.9 Å². The maximum Gasteiger partial charge on any atom is 0.234 e. The molecule has 10 rings (SSSR count). The zero-order valence-electron chi connectivity index (χ0n) is 37.8. The molecule has 4 fully saturated rings.